The number of rotatable bonds is 6. The molecule has 0 aliphatic rings. The number of aryl methyl sites for hydroxylation is 1. The molecule has 1 amide bonds. The molecule has 7 heteroatoms. The molecule has 0 saturated heterocycles. The van der Waals surface area contributed by atoms with Gasteiger partial charge in [0.1, 0.15) is 5.82 Å². The first-order valence-corrected chi connectivity index (χ1v) is 8.91. The van der Waals surface area contributed by atoms with Crippen molar-refractivity contribution in [3.8, 4) is 5.69 Å². The third-order valence-electron chi connectivity index (χ3n) is 4.12. The molecule has 0 bridgehead atoms. The van der Waals surface area contributed by atoms with Crippen LogP contribution in [0.2, 0.25) is 0 Å². The Morgan fingerprint density at radius 1 is 1.19 bits per heavy atom. The number of halogens is 1. The normalized spacial score (nSPS) is 11.3. The van der Waals surface area contributed by atoms with E-state index < -0.39 is 6.29 Å². The summed E-state index contributed by atoms with van der Waals surface area (Å²) in [4.78, 5) is 17.0. The summed E-state index contributed by atoms with van der Waals surface area (Å²) in [5.74, 6) is 0.667. The van der Waals surface area contributed by atoms with E-state index in [1.54, 1.807) is 12.1 Å². The molecule has 3 aromatic rings. The number of carbonyl (C=O) groups excluding carboxylic acids is 1. The van der Waals surface area contributed by atoms with E-state index in [4.69, 9.17) is 9.47 Å². The molecule has 136 valence electrons. The minimum atomic E-state index is -0.471. The van der Waals surface area contributed by atoms with Gasteiger partial charge in [-0.25, -0.2) is 4.98 Å². The molecule has 0 unspecified atom stereocenters. The molecule has 1 heterocycles. The monoisotopic (exact) mass is 417 g/mol. The molecule has 1 aromatic heterocycles. The summed E-state index contributed by atoms with van der Waals surface area (Å²) in [5.41, 5.74) is 3.29. The largest absolute Gasteiger partial charge is 0.354 e. The number of hydrogen-bond acceptors (Lipinski definition) is 4. The smallest absolute Gasteiger partial charge is 0.251 e. The SMILES string of the molecule is COC(CNC(=O)c1ccc2c(c1)nc(C)n2-c1ccc(Br)cc1)OC. The van der Waals surface area contributed by atoms with Gasteiger partial charge in [0.2, 0.25) is 0 Å². The number of amides is 1. The minimum Gasteiger partial charge on any atom is -0.354 e. The van der Waals surface area contributed by atoms with Crippen LogP contribution in [0.3, 0.4) is 0 Å². The fourth-order valence-electron chi connectivity index (χ4n) is 2.80. The molecule has 0 fully saturated rings. The van der Waals surface area contributed by atoms with Crippen LogP contribution in [0.25, 0.3) is 16.7 Å². The van der Waals surface area contributed by atoms with E-state index in [1.165, 1.54) is 14.2 Å². The zero-order valence-corrected chi connectivity index (χ0v) is 16.4. The highest BCUT2D eigenvalue weighted by Crippen LogP contribution is 2.23. The fraction of sp³-hybridized carbons (Fsp3) is 0.263. The Kier molecular flexibility index (Phi) is 5.70. The Bertz CT molecular complexity index is 918. The summed E-state index contributed by atoms with van der Waals surface area (Å²) in [5, 5.41) is 2.80. The van der Waals surface area contributed by atoms with E-state index in [0.29, 0.717) is 5.56 Å². The number of aromatic nitrogens is 2. The first kappa shape index (κ1) is 18.6. The van der Waals surface area contributed by atoms with E-state index in [9.17, 15) is 4.79 Å². The van der Waals surface area contributed by atoms with Gasteiger partial charge in [-0.05, 0) is 49.4 Å². The minimum absolute atomic E-state index is 0.193. The van der Waals surface area contributed by atoms with Crippen molar-refractivity contribution in [2.24, 2.45) is 0 Å². The molecule has 6 nitrogen and oxygen atoms in total. The lowest BCUT2D eigenvalue weighted by molar-refractivity contribution is -0.0974. The van der Waals surface area contributed by atoms with Gasteiger partial charge in [0.25, 0.3) is 5.91 Å². The second-order valence-electron chi connectivity index (χ2n) is 5.79. The summed E-state index contributed by atoms with van der Waals surface area (Å²) >= 11 is 3.45. The van der Waals surface area contributed by atoms with Gasteiger partial charge in [0.15, 0.2) is 6.29 Å². The van der Waals surface area contributed by atoms with Gasteiger partial charge in [0, 0.05) is 29.9 Å². The summed E-state index contributed by atoms with van der Waals surface area (Å²) in [7, 11) is 3.06. The fourth-order valence-corrected chi connectivity index (χ4v) is 3.06. The van der Waals surface area contributed by atoms with Crippen molar-refractivity contribution in [2.75, 3.05) is 20.8 Å². The van der Waals surface area contributed by atoms with Crippen LogP contribution >= 0.6 is 15.9 Å². The number of benzene rings is 2. The topological polar surface area (TPSA) is 65.4 Å². The quantitative estimate of drug-likeness (QED) is 0.623. The molecule has 0 spiro atoms. The molecule has 0 saturated carbocycles. The Labute approximate surface area is 160 Å². The first-order valence-electron chi connectivity index (χ1n) is 8.12. The van der Waals surface area contributed by atoms with Gasteiger partial charge in [-0.15, -0.1) is 0 Å². The van der Waals surface area contributed by atoms with Crippen molar-refractivity contribution in [1.29, 1.82) is 0 Å². The van der Waals surface area contributed by atoms with E-state index in [-0.39, 0.29) is 12.5 Å². The maximum Gasteiger partial charge on any atom is 0.251 e. The van der Waals surface area contributed by atoms with Crippen molar-refractivity contribution in [3.05, 3.63) is 58.3 Å². The predicted molar refractivity (Wildman–Crippen MR) is 104 cm³/mol. The number of methoxy groups -OCH3 is 2. The van der Waals surface area contributed by atoms with E-state index >= 15 is 0 Å². The van der Waals surface area contributed by atoms with Crippen LogP contribution in [0.4, 0.5) is 0 Å². The number of ether oxygens (including phenoxy) is 2. The van der Waals surface area contributed by atoms with Gasteiger partial charge in [-0.1, -0.05) is 15.9 Å². The highest BCUT2D eigenvalue weighted by Gasteiger charge is 2.14. The molecule has 26 heavy (non-hydrogen) atoms. The summed E-state index contributed by atoms with van der Waals surface area (Å²) < 4.78 is 13.2. The number of nitrogens with zero attached hydrogens (tertiary/aromatic N) is 2. The molecule has 0 aliphatic carbocycles. The maximum atomic E-state index is 12.4. The molecule has 0 radical (unpaired) electrons. The van der Waals surface area contributed by atoms with E-state index in [1.807, 2.05) is 37.3 Å². The summed E-state index contributed by atoms with van der Waals surface area (Å²) in [6.07, 6.45) is -0.471. The molecular weight excluding hydrogens is 398 g/mol. The van der Waals surface area contributed by atoms with Gasteiger partial charge in [-0.2, -0.15) is 0 Å². The van der Waals surface area contributed by atoms with Gasteiger partial charge in [-0.3, -0.25) is 9.36 Å². The Morgan fingerprint density at radius 2 is 1.88 bits per heavy atom. The Morgan fingerprint density at radius 3 is 2.54 bits per heavy atom. The average Bonchev–Trinajstić information content (AvgIpc) is 2.98. The van der Waals surface area contributed by atoms with Crippen LogP contribution in [-0.2, 0) is 9.47 Å². The van der Waals surface area contributed by atoms with Crippen molar-refractivity contribution in [1.82, 2.24) is 14.9 Å². The summed E-state index contributed by atoms with van der Waals surface area (Å²) in [6, 6.07) is 13.5. The van der Waals surface area contributed by atoms with Gasteiger partial charge in [0.05, 0.1) is 17.6 Å². The Hall–Kier alpha value is -2.22. The molecule has 2 aromatic carbocycles. The first-order chi connectivity index (χ1) is 12.5. The van der Waals surface area contributed by atoms with E-state index in [0.717, 1.165) is 27.0 Å². The van der Waals surface area contributed by atoms with Crippen LogP contribution in [0.1, 0.15) is 16.2 Å². The molecule has 1 N–H and O–H groups in total. The molecule has 0 aliphatic heterocycles. The third-order valence-corrected chi connectivity index (χ3v) is 4.65. The highest BCUT2D eigenvalue weighted by molar-refractivity contribution is 9.10. The highest BCUT2D eigenvalue weighted by atomic mass is 79.9. The van der Waals surface area contributed by atoms with Crippen LogP contribution < -0.4 is 5.32 Å². The molecule has 3 rings (SSSR count). The van der Waals surface area contributed by atoms with Crippen LogP contribution in [-0.4, -0.2) is 42.5 Å². The second-order valence-corrected chi connectivity index (χ2v) is 6.70. The third kappa shape index (κ3) is 3.80. The van der Waals surface area contributed by atoms with Crippen LogP contribution in [0.15, 0.2) is 46.9 Å². The molecular formula is C19H20BrN3O3. The lowest BCUT2D eigenvalue weighted by atomic mass is 10.2. The van der Waals surface area contributed by atoms with Crippen LogP contribution in [0.5, 0.6) is 0 Å². The zero-order valence-electron chi connectivity index (χ0n) is 14.8. The van der Waals surface area contributed by atoms with Crippen molar-refractivity contribution >= 4 is 32.9 Å². The van der Waals surface area contributed by atoms with E-state index in [2.05, 4.69) is 30.8 Å². The summed E-state index contributed by atoms with van der Waals surface area (Å²) in [6.45, 7) is 2.22. The number of imidazole rings is 1. The molecule has 0 atom stereocenters. The standard InChI is InChI=1S/C19H20BrN3O3/c1-12-22-16-10-13(19(24)21-11-18(25-2)26-3)4-9-17(16)23(12)15-7-5-14(20)6-8-15/h4-10,18H,11H2,1-3H3,(H,21,24). The van der Waals surface area contributed by atoms with Gasteiger partial charge >= 0.3 is 0 Å². The van der Waals surface area contributed by atoms with Crippen molar-refractivity contribution in [2.45, 2.75) is 13.2 Å². The predicted octanol–water partition coefficient (Wildman–Crippen LogP) is 3.45. The van der Waals surface area contributed by atoms with Gasteiger partial charge < -0.3 is 14.8 Å². The lowest BCUT2D eigenvalue weighted by Crippen LogP contribution is -2.34. The lowest BCUT2D eigenvalue weighted by Gasteiger charge is -2.14. The maximum absolute atomic E-state index is 12.4. The number of hydrogen-bond donors (Lipinski definition) is 1. The Balaban J connectivity index is 1.88. The number of fused-ring (bicyclic) bond motifs is 1. The number of carbonyl (C=O) groups is 1. The number of nitrogens with one attached hydrogen (secondary N) is 1. The van der Waals surface area contributed by atoms with Crippen molar-refractivity contribution < 1.29 is 14.3 Å². The zero-order chi connectivity index (χ0) is 18.7. The second kappa shape index (κ2) is 7.99. The average molecular weight is 418 g/mol. The van der Waals surface area contributed by atoms with Crippen LogP contribution in [0, 0.1) is 6.92 Å². The van der Waals surface area contributed by atoms with Crippen molar-refractivity contribution in [3.63, 3.8) is 0 Å².